The van der Waals surface area contributed by atoms with Gasteiger partial charge in [0.25, 0.3) is 0 Å². The molecule has 0 aromatic carbocycles. The van der Waals surface area contributed by atoms with Crippen LogP contribution in [0.3, 0.4) is 0 Å². The standard InChI is InChI=1S/C12H15Br2N3S/c1-3-15-11(10-5-8(13)7-18-10)12-9(14)6-16-17(12)4-2/h5-7,11,15H,3-4H2,1-2H3. The second-order valence-electron chi connectivity index (χ2n) is 3.85. The molecule has 6 heteroatoms. The lowest BCUT2D eigenvalue weighted by Crippen LogP contribution is -2.24. The average molecular weight is 393 g/mol. The summed E-state index contributed by atoms with van der Waals surface area (Å²) in [4.78, 5) is 1.29. The van der Waals surface area contributed by atoms with Gasteiger partial charge in [0.2, 0.25) is 0 Å². The quantitative estimate of drug-likeness (QED) is 0.826. The van der Waals surface area contributed by atoms with Crippen LogP contribution in [0, 0.1) is 0 Å². The molecule has 1 atom stereocenters. The van der Waals surface area contributed by atoms with Gasteiger partial charge in [-0.05, 0) is 51.4 Å². The highest BCUT2D eigenvalue weighted by Crippen LogP contribution is 2.33. The summed E-state index contributed by atoms with van der Waals surface area (Å²) in [5.74, 6) is 0. The average Bonchev–Trinajstić information content (AvgIpc) is 2.93. The first-order chi connectivity index (χ1) is 8.67. The number of nitrogens with zero attached hydrogens (tertiary/aromatic N) is 2. The van der Waals surface area contributed by atoms with Crippen molar-refractivity contribution in [1.29, 1.82) is 0 Å². The molecule has 3 nitrogen and oxygen atoms in total. The Bertz CT molecular complexity index is 521. The van der Waals surface area contributed by atoms with Crippen LogP contribution >= 0.6 is 43.2 Å². The number of halogens is 2. The summed E-state index contributed by atoms with van der Waals surface area (Å²) >= 11 is 8.87. The summed E-state index contributed by atoms with van der Waals surface area (Å²) in [5.41, 5.74) is 1.19. The Morgan fingerprint density at radius 2 is 2.22 bits per heavy atom. The fraction of sp³-hybridized carbons (Fsp3) is 0.417. The zero-order valence-corrected chi connectivity index (χ0v) is 14.3. The van der Waals surface area contributed by atoms with Crippen molar-refractivity contribution < 1.29 is 0 Å². The molecule has 0 radical (unpaired) electrons. The maximum absolute atomic E-state index is 4.39. The first kappa shape index (κ1) is 14.2. The fourth-order valence-electron chi connectivity index (χ4n) is 1.93. The summed E-state index contributed by atoms with van der Waals surface area (Å²) in [5, 5.41) is 10.0. The topological polar surface area (TPSA) is 29.9 Å². The molecule has 0 bridgehead atoms. The molecule has 2 aromatic heterocycles. The normalized spacial score (nSPS) is 12.9. The summed E-state index contributed by atoms with van der Waals surface area (Å²) in [7, 11) is 0. The van der Waals surface area contributed by atoms with E-state index >= 15 is 0 Å². The van der Waals surface area contributed by atoms with Crippen LogP contribution in [0.2, 0.25) is 0 Å². The third-order valence-electron chi connectivity index (χ3n) is 2.69. The third-order valence-corrected chi connectivity index (χ3v) is 5.06. The lowest BCUT2D eigenvalue weighted by molar-refractivity contribution is 0.545. The van der Waals surface area contributed by atoms with Gasteiger partial charge in [-0.25, -0.2) is 0 Å². The van der Waals surface area contributed by atoms with Crippen molar-refractivity contribution in [1.82, 2.24) is 15.1 Å². The summed E-state index contributed by atoms with van der Waals surface area (Å²) < 4.78 is 4.22. The van der Waals surface area contributed by atoms with E-state index < -0.39 is 0 Å². The summed E-state index contributed by atoms with van der Waals surface area (Å²) in [6, 6.07) is 2.35. The Morgan fingerprint density at radius 1 is 1.44 bits per heavy atom. The van der Waals surface area contributed by atoms with Gasteiger partial charge >= 0.3 is 0 Å². The van der Waals surface area contributed by atoms with Crippen LogP contribution in [-0.4, -0.2) is 16.3 Å². The number of aromatic nitrogens is 2. The molecule has 0 amide bonds. The van der Waals surface area contributed by atoms with Crippen LogP contribution in [0.4, 0.5) is 0 Å². The number of nitrogens with one attached hydrogen (secondary N) is 1. The maximum Gasteiger partial charge on any atom is 0.0853 e. The van der Waals surface area contributed by atoms with Gasteiger partial charge in [-0.15, -0.1) is 11.3 Å². The minimum absolute atomic E-state index is 0.183. The van der Waals surface area contributed by atoms with E-state index in [1.165, 1.54) is 10.6 Å². The predicted octanol–water partition coefficient (Wildman–Crippen LogP) is 4.19. The van der Waals surface area contributed by atoms with Crippen molar-refractivity contribution in [3.05, 3.63) is 37.2 Å². The van der Waals surface area contributed by atoms with E-state index in [1.54, 1.807) is 11.3 Å². The first-order valence-electron chi connectivity index (χ1n) is 5.85. The lowest BCUT2D eigenvalue weighted by atomic mass is 10.1. The van der Waals surface area contributed by atoms with Crippen LogP contribution in [0.25, 0.3) is 0 Å². The van der Waals surface area contributed by atoms with Crippen molar-refractivity contribution in [3.8, 4) is 0 Å². The molecule has 1 N–H and O–H groups in total. The van der Waals surface area contributed by atoms with Gasteiger partial charge in [0.1, 0.15) is 0 Å². The third kappa shape index (κ3) is 2.87. The molecule has 0 fully saturated rings. The summed E-state index contributed by atoms with van der Waals surface area (Å²) in [6.07, 6.45) is 1.87. The Kier molecular flexibility index (Phi) is 5.00. The lowest BCUT2D eigenvalue weighted by Gasteiger charge is -2.18. The molecule has 0 saturated heterocycles. The molecule has 18 heavy (non-hydrogen) atoms. The van der Waals surface area contributed by atoms with Crippen LogP contribution in [0.15, 0.2) is 26.6 Å². The van der Waals surface area contributed by atoms with Gasteiger partial charge in [-0.1, -0.05) is 6.92 Å². The first-order valence-corrected chi connectivity index (χ1v) is 8.32. The van der Waals surface area contributed by atoms with E-state index in [1.807, 2.05) is 10.9 Å². The molecule has 0 aliphatic heterocycles. The Labute approximate surface area is 128 Å². The zero-order chi connectivity index (χ0) is 13.1. The van der Waals surface area contributed by atoms with E-state index in [4.69, 9.17) is 0 Å². The van der Waals surface area contributed by atoms with E-state index in [0.717, 1.165) is 22.0 Å². The van der Waals surface area contributed by atoms with Crippen molar-refractivity contribution in [2.24, 2.45) is 0 Å². The van der Waals surface area contributed by atoms with Crippen LogP contribution in [0.1, 0.15) is 30.5 Å². The minimum Gasteiger partial charge on any atom is -0.305 e. The Balaban J connectivity index is 2.43. The number of hydrogen-bond donors (Lipinski definition) is 1. The van der Waals surface area contributed by atoms with E-state index in [-0.39, 0.29) is 6.04 Å². The smallest absolute Gasteiger partial charge is 0.0853 e. The second kappa shape index (κ2) is 6.32. The molecule has 0 aliphatic carbocycles. The Hall–Kier alpha value is -0.170. The van der Waals surface area contributed by atoms with Gasteiger partial charge < -0.3 is 5.32 Å². The summed E-state index contributed by atoms with van der Waals surface area (Å²) in [6.45, 7) is 6.02. The maximum atomic E-state index is 4.39. The van der Waals surface area contributed by atoms with Crippen molar-refractivity contribution in [2.75, 3.05) is 6.54 Å². The largest absolute Gasteiger partial charge is 0.305 e. The molecule has 98 valence electrons. The number of aryl methyl sites for hydroxylation is 1. The molecule has 2 rings (SSSR count). The van der Waals surface area contributed by atoms with Gasteiger partial charge in [0, 0.05) is 21.3 Å². The molecule has 0 aliphatic rings. The highest BCUT2D eigenvalue weighted by molar-refractivity contribution is 9.10. The van der Waals surface area contributed by atoms with Crippen LogP contribution < -0.4 is 5.32 Å². The molecule has 1 unspecified atom stereocenters. The molecule has 2 heterocycles. The predicted molar refractivity (Wildman–Crippen MR) is 83.1 cm³/mol. The highest BCUT2D eigenvalue weighted by atomic mass is 79.9. The SMILES string of the molecule is CCNC(c1cc(Br)cs1)c1c(Br)cnn1CC. The van der Waals surface area contributed by atoms with Gasteiger partial charge in [-0.2, -0.15) is 5.10 Å². The van der Waals surface area contributed by atoms with Crippen LogP contribution in [-0.2, 0) is 6.54 Å². The molecule has 2 aromatic rings. The van der Waals surface area contributed by atoms with E-state index in [2.05, 4.69) is 67.6 Å². The number of thiophene rings is 1. The van der Waals surface area contributed by atoms with Crippen LogP contribution in [0.5, 0.6) is 0 Å². The molecule has 0 saturated carbocycles. The highest BCUT2D eigenvalue weighted by Gasteiger charge is 2.22. The monoisotopic (exact) mass is 391 g/mol. The van der Waals surface area contributed by atoms with Gasteiger partial charge in [-0.3, -0.25) is 4.68 Å². The van der Waals surface area contributed by atoms with Gasteiger partial charge in [0.15, 0.2) is 0 Å². The second-order valence-corrected chi connectivity index (χ2v) is 6.56. The van der Waals surface area contributed by atoms with Gasteiger partial charge in [0.05, 0.1) is 22.4 Å². The Morgan fingerprint density at radius 3 is 2.78 bits per heavy atom. The van der Waals surface area contributed by atoms with Crippen molar-refractivity contribution in [2.45, 2.75) is 26.4 Å². The van der Waals surface area contributed by atoms with Crippen molar-refractivity contribution >= 4 is 43.2 Å². The zero-order valence-electron chi connectivity index (χ0n) is 10.3. The van der Waals surface area contributed by atoms with Crippen molar-refractivity contribution in [3.63, 3.8) is 0 Å². The van der Waals surface area contributed by atoms with E-state index in [0.29, 0.717) is 0 Å². The number of hydrogen-bond acceptors (Lipinski definition) is 3. The number of rotatable bonds is 5. The fourth-order valence-corrected chi connectivity index (χ4v) is 3.97. The molecular weight excluding hydrogens is 378 g/mol. The molecular formula is C12H15Br2N3S. The van der Waals surface area contributed by atoms with E-state index in [9.17, 15) is 0 Å². The minimum atomic E-state index is 0.183. The molecule has 0 spiro atoms.